The van der Waals surface area contributed by atoms with Gasteiger partial charge < -0.3 is 15.3 Å². The standard InChI is InChI=1S/C14H15BrN4/c1-19-8-10(9-4-2-3-5-11(9)19)13-14(15)18-12(17-13)6-7-16/h2-5,8H,6-7,16H2,1H3,(H,17,18). The first-order valence-corrected chi connectivity index (χ1v) is 6.99. The molecule has 5 heteroatoms. The zero-order chi connectivity index (χ0) is 13.4. The van der Waals surface area contributed by atoms with Gasteiger partial charge in [-0.05, 0) is 28.5 Å². The Hall–Kier alpha value is -1.59. The van der Waals surface area contributed by atoms with E-state index in [4.69, 9.17) is 5.73 Å². The highest BCUT2D eigenvalue weighted by Crippen LogP contribution is 2.33. The monoisotopic (exact) mass is 318 g/mol. The number of H-pyrrole nitrogens is 1. The van der Waals surface area contributed by atoms with E-state index in [-0.39, 0.29) is 0 Å². The van der Waals surface area contributed by atoms with Crippen molar-refractivity contribution in [1.82, 2.24) is 14.5 Å². The molecular weight excluding hydrogens is 304 g/mol. The lowest BCUT2D eigenvalue weighted by atomic mass is 10.1. The molecule has 4 nitrogen and oxygen atoms in total. The molecule has 0 saturated carbocycles. The number of aryl methyl sites for hydroxylation is 1. The summed E-state index contributed by atoms with van der Waals surface area (Å²) >= 11 is 3.55. The number of nitrogens with zero attached hydrogens (tertiary/aromatic N) is 2. The number of rotatable bonds is 3. The topological polar surface area (TPSA) is 59.6 Å². The van der Waals surface area contributed by atoms with Crippen LogP contribution in [0.4, 0.5) is 0 Å². The molecule has 19 heavy (non-hydrogen) atoms. The maximum absolute atomic E-state index is 5.57. The summed E-state index contributed by atoms with van der Waals surface area (Å²) in [5, 5.41) is 1.21. The fraction of sp³-hybridized carbons (Fsp3) is 0.214. The lowest BCUT2D eigenvalue weighted by molar-refractivity contribution is 0.893. The van der Waals surface area contributed by atoms with Crippen LogP contribution in [0.25, 0.3) is 22.2 Å². The lowest BCUT2D eigenvalue weighted by Crippen LogP contribution is -2.03. The van der Waals surface area contributed by atoms with Crippen LogP contribution in [0.2, 0.25) is 0 Å². The second kappa shape index (κ2) is 4.83. The first kappa shape index (κ1) is 12.4. The number of halogens is 1. The van der Waals surface area contributed by atoms with Crippen molar-refractivity contribution in [2.45, 2.75) is 6.42 Å². The third kappa shape index (κ3) is 2.09. The molecule has 3 N–H and O–H groups in total. The van der Waals surface area contributed by atoms with Gasteiger partial charge >= 0.3 is 0 Å². The number of imidazole rings is 1. The number of benzene rings is 1. The molecule has 0 spiro atoms. The summed E-state index contributed by atoms with van der Waals surface area (Å²) in [4.78, 5) is 7.87. The molecule has 0 aliphatic rings. The molecule has 0 atom stereocenters. The van der Waals surface area contributed by atoms with Crippen molar-refractivity contribution >= 4 is 26.8 Å². The number of nitrogens with two attached hydrogens (primary N) is 1. The van der Waals surface area contributed by atoms with Crippen LogP contribution < -0.4 is 5.73 Å². The molecule has 0 radical (unpaired) electrons. The SMILES string of the molecule is Cn1cc(-c2nc(CCN)[nH]c2Br)c2ccccc21. The number of hydrogen-bond donors (Lipinski definition) is 2. The summed E-state index contributed by atoms with van der Waals surface area (Å²) < 4.78 is 3.03. The molecule has 0 bridgehead atoms. The highest BCUT2D eigenvalue weighted by atomic mass is 79.9. The van der Waals surface area contributed by atoms with Crippen LogP contribution in [0.5, 0.6) is 0 Å². The van der Waals surface area contributed by atoms with E-state index >= 15 is 0 Å². The molecule has 2 aromatic heterocycles. The predicted octanol–water partition coefficient (Wildman–Crippen LogP) is 2.83. The number of aromatic nitrogens is 3. The molecule has 98 valence electrons. The Bertz CT molecular complexity index is 726. The van der Waals surface area contributed by atoms with E-state index in [2.05, 4.69) is 48.8 Å². The number of aromatic amines is 1. The van der Waals surface area contributed by atoms with Crippen molar-refractivity contribution < 1.29 is 0 Å². The summed E-state index contributed by atoms with van der Waals surface area (Å²) in [6.45, 7) is 0.592. The zero-order valence-corrected chi connectivity index (χ0v) is 12.2. The van der Waals surface area contributed by atoms with Crippen LogP contribution in [0.15, 0.2) is 35.1 Å². The van der Waals surface area contributed by atoms with Gasteiger partial charge in [0.25, 0.3) is 0 Å². The van der Waals surface area contributed by atoms with Crippen molar-refractivity contribution in [3.05, 3.63) is 40.9 Å². The van der Waals surface area contributed by atoms with E-state index in [0.717, 1.165) is 28.1 Å². The number of para-hydroxylation sites is 1. The second-order valence-electron chi connectivity index (χ2n) is 4.56. The fourth-order valence-corrected chi connectivity index (χ4v) is 2.89. The predicted molar refractivity (Wildman–Crippen MR) is 81.0 cm³/mol. The van der Waals surface area contributed by atoms with Crippen molar-refractivity contribution in [3.8, 4) is 11.3 Å². The van der Waals surface area contributed by atoms with Gasteiger partial charge in [0.2, 0.25) is 0 Å². The van der Waals surface area contributed by atoms with Crippen LogP contribution in [0.3, 0.4) is 0 Å². The second-order valence-corrected chi connectivity index (χ2v) is 5.35. The van der Waals surface area contributed by atoms with Crippen molar-refractivity contribution in [2.75, 3.05) is 6.54 Å². The average molecular weight is 319 g/mol. The van der Waals surface area contributed by atoms with E-state index < -0.39 is 0 Å². The maximum Gasteiger partial charge on any atom is 0.110 e. The van der Waals surface area contributed by atoms with Crippen molar-refractivity contribution in [3.63, 3.8) is 0 Å². The van der Waals surface area contributed by atoms with E-state index in [0.29, 0.717) is 6.54 Å². The number of nitrogens with one attached hydrogen (secondary N) is 1. The summed E-state index contributed by atoms with van der Waals surface area (Å²) in [6.07, 6.45) is 2.86. The number of hydrogen-bond acceptors (Lipinski definition) is 2. The minimum Gasteiger partial charge on any atom is -0.350 e. The molecule has 0 saturated heterocycles. The molecule has 0 aliphatic heterocycles. The van der Waals surface area contributed by atoms with Crippen LogP contribution in [-0.2, 0) is 13.5 Å². The summed E-state index contributed by atoms with van der Waals surface area (Å²) in [7, 11) is 2.05. The average Bonchev–Trinajstić information content (AvgIpc) is 2.92. The highest BCUT2D eigenvalue weighted by Gasteiger charge is 2.15. The first-order valence-electron chi connectivity index (χ1n) is 6.19. The van der Waals surface area contributed by atoms with Gasteiger partial charge in [0.05, 0.1) is 0 Å². The van der Waals surface area contributed by atoms with Gasteiger partial charge in [-0.15, -0.1) is 0 Å². The van der Waals surface area contributed by atoms with Crippen LogP contribution in [-0.4, -0.2) is 21.1 Å². The smallest absolute Gasteiger partial charge is 0.110 e. The highest BCUT2D eigenvalue weighted by molar-refractivity contribution is 9.10. The Balaban J connectivity index is 2.19. The summed E-state index contributed by atoms with van der Waals surface area (Å²) in [5.41, 5.74) is 8.85. The number of fused-ring (bicyclic) bond motifs is 1. The Morgan fingerprint density at radius 1 is 1.37 bits per heavy atom. The quantitative estimate of drug-likeness (QED) is 0.780. The Kier molecular flexibility index (Phi) is 3.16. The Morgan fingerprint density at radius 2 is 2.16 bits per heavy atom. The maximum atomic E-state index is 5.57. The third-order valence-corrected chi connectivity index (χ3v) is 3.82. The van der Waals surface area contributed by atoms with Crippen LogP contribution in [0.1, 0.15) is 5.82 Å². The minimum atomic E-state index is 0.592. The first-order chi connectivity index (χ1) is 9.20. The van der Waals surface area contributed by atoms with Crippen molar-refractivity contribution in [2.24, 2.45) is 12.8 Å². The molecular formula is C14H15BrN4. The molecule has 3 aromatic rings. The lowest BCUT2D eigenvalue weighted by Gasteiger charge is -1.95. The minimum absolute atomic E-state index is 0.592. The van der Waals surface area contributed by atoms with Gasteiger partial charge in [0.1, 0.15) is 16.1 Å². The van der Waals surface area contributed by atoms with E-state index in [1.165, 1.54) is 10.9 Å². The molecule has 1 aromatic carbocycles. The Morgan fingerprint density at radius 3 is 2.95 bits per heavy atom. The molecule has 0 aliphatic carbocycles. The molecule has 0 amide bonds. The molecule has 3 rings (SSSR count). The molecule has 0 unspecified atom stereocenters. The van der Waals surface area contributed by atoms with Gasteiger partial charge in [-0.2, -0.15) is 0 Å². The molecule has 2 heterocycles. The zero-order valence-electron chi connectivity index (χ0n) is 10.7. The van der Waals surface area contributed by atoms with Gasteiger partial charge in [0, 0.05) is 36.1 Å². The van der Waals surface area contributed by atoms with E-state index in [1.54, 1.807) is 0 Å². The summed E-state index contributed by atoms with van der Waals surface area (Å²) in [6, 6.07) is 8.33. The molecule has 0 fully saturated rings. The normalized spacial score (nSPS) is 11.3. The third-order valence-electron chi connectivity index (χ3n) is 3.24. The van der Waals surface area contributed by atoms with E-state index in [9.17, 15) is 0 Å². The summed E-state index contributed by atoms with van der Waals surface area (Å²) in [5.74, 6) is 0.914. The van der Waals surface area contributed by atoms with Gasteiger partial charge in [-0.25, -0.2) is 4.98 Å². The van der Waals surface area contributed by atoms with Crippen LogP contribution in [0, 0.1) is 0 Å². The van der Waals surface area contributed by atoms with Crippen LogP contribution >= 0.6 is 15.9 Å². The largest absolute Gasteiger partial charge is 0.350 e. The van der Waals surface area contributed by atoms with Crippen molar-refractivity contribution in [1.29, 1.82) is 0 Å². The fourth-order valence-electron chi connectivity index (χ4n) is 2.36. The van der Waals surface area contributed by atoms with Gasteiger partial charge in [0.15, 0.2) is 0 Å². The Labute approximate surface area is 119 Å². The van der Waals surface area contributed by atoms with Gasteiger partial charge in [-0.1, -0.05) is 18.2 Å². The van der Waals surface area contributed by atoms with Gasteiger partial charge in [-0.3, -0.25) is 0 Å². The van der Waals surface area contributed by atoms with E-state index in [1.807, 2.05) is 19.2 Å².